The zero-order valence-electron chi connectivity index (χ0n) is 5.27. The topological polar surface area (TPSA) is 125 Å². The molecule has 58 valence electrons. The van der Waals surface area contributed by atoms with Crippen LogP contribution in [0.15, 0.2) is 4.52 Å². The van der Waals surface area contributed by atoms with Crippen LogP contribution in [0.25, 0.3) is 0 Å². The van der Waals surface area contributed by atoms with Gasteiger partial charge in [-0.3, -0.25) is 9.59 Å². The molecule has 0 radical (unpaired) electrons. The summed E-state index contributed by atoms with van der Waals surface area (Å²) in [5.74, 6) is -2.57. The van der Waals surface area contributed by atoms with E-state index in [-0.39, 0.29) is 5.82 Å². The Balaban J connectivity index is 2.99. The van der Waals surface area contributed by atoms with Gasteiger partial charge in [0.15, 0.2) is 0 Å². The molecule has 0 spiro atoms. The van der Waals surface area contributed by atoms with E-state index in [2.05, 4.69) is 14.7 Å². The average molecular weight is 156 g/mol. The first-order chi connectivity index (χ1) is 5.11. The summed E-state index contributed by atoms with van der Waals surface area (Å²) in [7, 11) is 0. The number of amides is 2. The van der Waals surface area contributed by atoms with Crippen LogP contribution in [-0.2, 0) is 0 Å². The molecule has 0 aliphatic rings. The van der Waals surface area contributed by atoms with Crippen LogP contribution >= 0.6 is 0 Å². The van der Waals surface area contributed by atoms with Gasteiger partial charge in [-0.1, -0.05) is 5.16 Å². The third-order valence-corrected chi connectivity index (χ3v) is 0.857. The number of hydrogen-bond acceptors (Lipinski definition) is 5. The fourth-order valence-corrected chi connectivity index (χ4v) is 0.424. The third kappa shape index (κ3) is 1.31. The largest absolute Gasteiger partial charge is 0.363 e. The van der Waals surface area contributed by atoms with Crippen molar-refractivity contribution >= 4 is 11.8 Å². The van der Waals surface area contributed by atoms with Gasteiger partial charge in [-0.15, -0.1) is 0 Å². The quantitative estimate of drug-likeness (QED) is 0.526. The van der Waals surface area contributed by atoms with E-state index in [4.69, 9.17) is 11.5 Å². The normalized spacial score (nSPS) is 9.45. The second kappa shape index (κ2) is 2.37. The lowest BCUT2D eigenvalue weighted by atomic mass is 10.6. The molecule has 7 heteroatoms. The Kier molecular flexibility index (Phi) is 1.55. The first-order valence-electron chi connectivity index (χ1n) is 2.54. The second-order valence-electron chi connectivity index (χ2n) is 1.65. The maximum Gasteiger partial charge on any atom is 0.316 e. The molecule has 0 bridgehead atoms. The number of nitrogens with two attached hydrogens (primary N) is 2. The van der Waals surface area contributed by atoms with Gasteiger partial charge in [0.2, 0.25) is 0 Å². The van der Waals surface area contributed by atoms with E-state index in [1.807, 2.05) is 0 Å². The molecule has 0 unspecified atom stereocenters. The highest BCUT2D eigenvalue weighted by Crippen LogP contribution is 1.93. The van der Waals surface area contributed by atoms with E-state index in [1.165, 1.54) is 0 Å². The number of primary amides is 2. The van der Waals surface area contributed by atoms with Crippen molar-refractivity contribution in [3.05, 3.63) is 11.7 Å². The Hall–Kier alpha value is -1.92. The fourth-order valence-electron chi connectivity index (χ4n) is 0.424. The van der Waals surface area contributed by atoms with Gasteiger partial charge in [0.05, 0.1) is 0 Å². The van der Waals surface area contributed by atoms with Crippen molar-refractivity contribution in [3.63, 3.8) is 0 Å². The minimum absolute atomic E-state index is 0.362. The Morgan fingerprint density at radius 3 is 2.18 bits per heavy atom. The van der Waals surface area contributed by atoms with Gasteiger partial charge in [0.25, 0.3) is 11.7 Å². The van der Waals surface area contributed by atoms with Crippen molar-refractivity contribution in [1.82, 2.24) is 10.1 Å². The maximum absolute atomic E-state index is 10.3. The van der Waals surface area contributed by atoms with Gasteiger partial charge in [0.1, 0.15) is 0 Å². The fraction of sp³-hybridized carbons (Fsp3) is 0. The molecule has 0 saturated carbocycles. The molecular weight excluding hydrogens is 152 g/mol. The summed E-state index contributed by atoms with van der Waals surface area (Å²) < 4.78 is 4.25. The lowest BCUT2D eigenvalue weighted by molar-refractivity contribution is 0.0954. The molecule has 1 heterocycles. The summed E-state index contributed by atoms with van der Waals surface area (Å²) in [6.45, 7) is 0. The monoisotopic (exact) mass is 156 g/mol. The third-order valence-electron chi connectivity index (χ3n) is 0.857. The van der Waals surface area contributed by atoms with Crippen molar-refractivity contribution in [2.24, 2.45) is 11.5 Å². The standard InChI is InChI=1S/C4H4N4O3/c5-1(9)3-7-4(2(6)10)11-8-3/h(H2,5,9)(H2,6,10). The SMILES string of the molecule is NC(=O)c1noc(C(N)=O)n1. The molecule has 0 atom stereocenters. The molecule has 4 N–H and O–H groups in total. The van der Waals surface area contributed by atoms with Gasteiger partial charge in [-0.05, 0) is 0 Å². The molecule has 7 nitrogen and oxygen atoms in total. The molecule has 1 aromatic heterocycles. The first-order valence-corrected chi connectivity index (χ1v) is 2.54. The van der Waals surface area contributed by atoms with Gasteiger partial charge in [-0.2, -0.15) is 4.98 Å². The van der Waals surface area contributed by atoms with Crippen LogP contribution in [0.2, 0.25) is 0 Å². The van der Waals surface area contributed by atoms with Crippen LogP contribution in [0.4, 0.5) is 0 Å². The second-order valence-corrected chi connectivity index (χ2v) is 1.65. The summed E-state index contributed by atoms with van der Waals surface area (Å²) in [5, 5.41) is 3.08. The van der Waals surface area contributed by atoms with Crippen LogP contribution in [0.5, 0.6) is 0 Å². The summed E-state index contributed by atoms with van der Waals surface area (Å²) in [6.07, 6.45) is 0. The summed E-state index contributed by atoms with van der Waals surface area (Å²) in [6, 6.07) is 0. The number of carbonyl (C=O) groups is 2. The smallest absolute Gasteiger partial charge is 0.316 e. The Morgan fingerprint density at radius 2 is 1.91 bits per heavy atom. The number of carbonyl (C=O) groups excluding carboxylic acids is 2. The molecule has 0 saturated heterocycles. The first kappa shape index (κ1) is 7.19. The number of hydrogen-bond donors (Lipinski definition) is 2. The number of aromatic nitrogens is 2. The highest BCUT2D eigenvalue weighted by Gasteiger charge is 2.14. The Bertz CT molecular complexity index is 276. The van der Waals surface area contributed by atoms with E-state index in [9.17, 15) is 9.59 Å². The van der Waals surface area contributed by atoms with Gasteiger partial charge in [0, 0.05) is 0 Å². The molecule has 0 aliphatic heterocycles. The Labute approximate surface area is 60.3 Å². The number of rotatable bonds is 2. The predicted octanol–water partition coefficient (Wildman–Crippen LogP) is -1.73. The van der Waals surface area contributed by atoms with Crippen molar-refractivity contribution in [1.29, 1.82) is 0 Å². The van der Waals surface area contributed by atoms with Gasteiger partial charge in [-0.25, -0.2) is 0 Å². The average Bonchev–Trinajstić information content (AvgIpc) is 2.33. The molecule has 11 heavy (non-hydrogen) atoms. The van der Waals surface area contributed by atoms with Crippen LogP contribution in [0.3, 0.4) is 0 Å². The minimum Gasteiger partial charge on any atom is -0.363 e. The molecular formula is C4H4N4O3. The highest BCUT2D eigenvalue weighted by atomic mass is 16.5. The van der Waals surface area contributed by atoms with Crippen molar-refractivity contribution < 1.29 is 14.1 Å². The molecule has 0 aliphatic carbocycles. The zero-order valence-corrected chi connectivity index (χ0v) is 5.27. The van der Waals surface area contributed by atoms with Crippen molar-refractivity contribution in [3.8, 4) is 0 Å². The van der Waals surface area contributed by atoms with E-state index in [0.717, 1.165) is 0 Å². The summed E-state index contributed by atoms with van der Waals surface area (Å²) >= 11 is 0. The molecule has 2 amide bonds. The highest BCUT2D eigenvalue weighted by molar-refractivity contribution is 5.92. The summed E-state index contributed by atoms with van der Waals surface area (Å²) in [4.78, 5) is 23.9. The lowest BCUT2D eigenvalue weighted by Gasteiger charge is -1.78. The van der Waals surface area contributed by atoms with E-state index >= 15 is 0 Å². The van der Waals surface area contributed by atoms with Crippen LogP contribution in [0.1, 0.15) is 21.3 Å². The van der Waals surface area contributed by atoms with Crippen molar-refractivity contribution in [2.45, 2.75) is 0 Å². The van der Waals surface area contributed by atoms with E-state index in [1.54, 1.807) is 0 Å². The number of nitrogens with zero attached hydrogens (tertiary/aromatic N) is 2. The van der Waals surface area contributed by atoms with Crippen LogP contribution < -0.4 is 11.5 Å². The summed E-state index contributed by atoms with van der Waals surface area (Å²) in [5.41, 5.74) is 9.49. The maximum atomic E-state index is 10.3. The molecule has 1 rings (SSSR count). The predicted molar refractivity (Wildman–Crippen MR) is 31.3 cm³/mol. The van der Waals surface area contributed by atoms with Gasteiger partial charge < -0.3 is 16.0 Å². The van der Waals surface area contributed by atoms with Crippen LogP contribution in [0, 0.1) is 0 Å². The lowest BCUT2D eigenvalue weighted by Crippen LogP contribution is -2.15. The van der Waals surface area contributed by atoms with E-state index < -0.39 is 17.7 Å². The molecule has 0 aromatic carbocycles. The van der Waals surface area contributed by atoms with Crippen molar-refractivity contribution in [2.75, 3.05) is 0 Å². The minimum atomic E-state index is -0.898. The van der Waals surface area contributed by atoms with Crippen LogP contribution in [-0.4, -0.2) is 22.0 Å². The van der Waals surface area contributed by atoms with Gasteiger partial charge >= 0.3 is 11.8 Å². The van der Waals surface area contributed by atoms with E-state index in [0.29, 0.717) is 0 Å². The zero-order chi connectivity index (χ0) is 8.43. The molecule has 1 aromatic rings. The molecule has 0 fully saturated rings. The Morgan fingerprint density at radius 1 is 1.27 bits per heavy atom.